The van der Waals surface area contributed by atoms with Crippen molar-refractivity contribution >= 4 is 18.2 Å². The first-order chi connectivity index (χ1) is 13.7. The molecule has 154 valence electrons. The number of nitrogens with two attached hydrogens (primary N) is 2. The van der Waals surface area contributed by atoms with Crippen LogP contribution in [0.4, 0.5) is 24.5 Å². The SMILES string of the molecule is C=O.Cc1ccc(Oc2ccc(N)cc2C(F)(F)F)c(C)c1.Nc1ccccc1. The number of nitrogen functional groups attached to an aromatic ring is 2. The molecule has 4 N–H and O–H groups in total. The van der Waals surface area contributed by atoms with Gasteiger partial charge in [-0.2, -0.15) is 13.2 Å². The number of rotatable bonds is 2. The first kappa shape index (κ1) is 23.6. The van der Waals surface area contributed by atoms with Crippen molar-refractivity contribution in [3.8, 4) is 11.5 Å². The van der Waals surface area contributed by atoms with E-state index in [1.54, 1.807) is 19.1 Å². The van der Waals surface area contributed by atoms with Crippen molar-refractivity contribution in [2.75, 3.05) is 11.5 Å². The van der Waals surface area contributed by atoms with E-state index in [1.807, 2.05) is 50.1 Å². The molecule has 3 rings (SSSR count). The number of alkyl halides is 3. The average molecular weight is 404 g/mol. The molecule has 29 heavy (non-hydrogen) atoms. The number of anilines is 2. The normalized spacial score (nSPS) is 10.1. The lowest BCUT2D eigenvalue weighted by Gasteiger charge is -2.15. The van der Waals surface area contributed by atoms with Crippen LogP contribution in [0.5, 0.6) is 11.5 Å². The average Bonchev–Trinajstić information content (AvgIpc) is 2.67. The second kappa shape index (κ2) is 10.8. The Kier molecular flexibility index (Phi) is 8.73. The van der Waals surface area contributed by atoms with Crippen LogP contribution in [0.1, 0.15) is 16.7 Å². The number of aryl methyl sites for hydroxylation is 2. The van der Waals surface area contributed by atoms with E-state index in [1.165, 1.54) is 12.1 Å². The zero-order chi connectivity index (χ0) is 22.0. The van der Waals surface area contributed by atoms with Crippen molar-refractivity contribution in [2.24, 2.45) is 0 Å². The van der Waals surface area contributed by atoms with Crippen LogP contribution in [0.15, 0.2) is 66.7 Å². The van der Waals surface area contributed by atoms with E-state index in [0.717, 1.165) is 22.9 Å². The highest BCUT2D eigenvalue weighted by atomic mass is 19.4. The summed E-state index contributed by atoms with van der Waals surface area (Å²) in [6, 6.07) is 18.3. The smallest absolute Gasteiger partial charge is 0.420 e. The molecule has 0 fully saturated rings. The predicted molar refractivity (Wildman–Crippen MR) is 110 cm³/mol. The van der Waals surface area contributed by atoms with E-state index in [9.17, 15) is 13.2 Å². The summed E-state index contributed by atoms with van der Waals surface area (Å²) in [4.78, 5) is 8.00. The minimum absolute atomic E-state index is 0.0466. The molecule has 0 heterocycles. The molecule has 0 bridgehead atoms. The Morgan fingerprint density at radius 3 is 1.86 bits per heavy atom. The summed E-state index contributed by atoms with van der Waals surface area (Å²) in [7, 11) is 0. The third-order valence-electron chi connectivity index (χ3n) is 3.66. The maximum atomic E-state index is 13.0. The van der Waals surface area contributed by atoms with Gasteiger partial charge in [-0.25, -0.2) is 0 Å². The summed E-state index contributed by atoms with van der Waals surface area (Å²) in [6.07, 6.45) is -4.51. The first-order valence-electron chi connectivity index (χ1n) is 8.48. The number of carbonyl (C=O) groups is 1. The Morgan fingerprint density at radius 2 is 1.38 bits per heavy atom. The molecule has 0 unspecified atom stereocenters. The summed E-state index contributed by atoms with van der Waals surface area (Å²) in [5.41, 5.74) is 12.6. The first-order valence-corrected chi connectivity index (χ1v) is 8.48. The maximum absolute atomic E-state index is 13.0. The number of benzene rings is 3. The molecule has 0 saturated heterocycles. The maximum Gasteiger partial charge on any atom is 0.420 e. The molecule has 0 aliphatic carbocycles. The molecule has 0 saturated carbocycles. The van der Waals surface area contributed by atoms with Gasteiger partial charge in [0, 0.05) is 11.4 Å². The van der Waals surface area contributed by atoms with Gasteiger partial charge in [0.05, 0.1) is 0 Å². The number of halogens is 3. The lowest BCUT2D eigenvalue weighted by atomic mass is 10.1. The minimum Gasteiger partial charge on any atom is -0.456 e. The third kappa shape index (κ3) is 7.57. The molecular weight excluding hydrogens is 381 g/mol. The second-order valence-corrected chi connectivity index (χ2v) is 6.04. The van der Waals surface area contributed by atoms with Gasteiger partial charge in [-0.1, -0.05) is 35.9 Å². The minimum atomic E-state index is -4.51. The zero-order valence-electron chi connectivity index (χ0n) is 16.2. The van der Waals surface area contributed by atoms with E-state index in [0.29, 0.717) is 5.75 Å². The predicted octanol–water partition coefficient (Wildman–Crippen LogP) is 5.78. The fourth-order valence-electron chi connectivity index (χ4n) is 2.34. The van der Waals surface area contributed by atoms with Crippen LogP contribution in [0.25, 0.3) is 0 Å². The molecule has 0 aromatic heterocycles. The van der Waals surface area contributed by atoms with Crippen LogP contribution in [0, 0.1) is 13.8 Å². The van der Waals surface area contributed by atoms with Crippen LogP contribution in [-0.4, -0.2) is 6.79 Å². The largest absolute Gasteiger partial charge is 0.456 e. The highest BCUT2D eigenvalue weighted by molar-refractivity contribution is 5.51. The molecule has 0 atom stereocenters. The van der Waals surface area contributed by atoms with Crippen LogP contribution in [-0.2, 0) is 11.0 Å². The molecule has 3 aromatic carbocycles. The van der Waals surface area contributed by atoms with E-state index < -0.39 is 11.7 Å². The van der Waals surface area contributed by atoms with Gasteiger partial charge < -0.3 is 21.0 Å². The number of ether oxygens (including phenoxy) is 1. The molecule has 7 heteroatoms. The summed E-state index contributed by atoms with van der Waals surface area (Å²) < 4.78 is 44.3. The van der Waals surface area contributed by atoms with Crippen molar-refractivity contribution in [2.45, 2.75) is 20.0 Å². The lowest BCUT2D eigenvalue weighted by Crippen LogP contribution is -2.08. The van der Waals surface area contributed by atoms with Crippen LogP contribution in [0.2, 0.25) is 0 Å². The molecule has 0 aliphatic heterocycles. The van der Waals surface area contributed by atoms with Gasteiger partial charge in [0.1, 0.15) is 23.9 Å². The fraction of sp³-hybridized carbons (Fsp3) is 0.136. The third-order valence-corrected chi connectivity index (χ3v) is 3.66. The van der Waals surface area contributed by atoms with Gasteiger partial charge in [-0.15, -0.1) is 0 Å². The summed E-state index contributed by atoms with van der Waals surface area (Å²) in [5.74, 6) is 0.143. The van der Waals surface area contributed by atoms with Gasteiger partial charge in [0.15, 0.2) is 0 Å². The zero-order valence-corrected chi connectivity index (χ0v) is 16.2. The molecule has 0 amide bonds. The van der Waals surface area contributed by atoms with E-state index in [-0.39, 0.29) is 11.4 Å². The van der Waals surface area contributed by atoms with Gasteiger partial charge in [-0.05, 0) is 55.8 Å². The monoisotopic (exact) mass is 404 g/mol. The molecule has 3 aromatic rings. The molecule has 0 aliphatic rings. The number of carbonyl (C=O) groups excluding carboxylic acids is 1. The van der Waals surface area contributed by atoms with Crippen molar-refractivity contribution < 1.29 is 22.7 Å². The van der Waals surface area contributed by atoms with Crippen LogP contribution < -0.4 is 16.2 Å². The topological polar surface area (TPSA) is 78.3 Å². The quantitative estimate of drug-likeness (QED) is 0.531. The Balaban J connectivity index is 0.000000390. The van der Waals surface area contributed by atoms with Crippen molar-refractivity contribution in [3.05, 3.63) is 83.4 Å². The molecule has 4 nitrogen and oxygen atoms in total. The van der Waals surface area contributed by atoms with E-state index in [2.05, 4.69) is 0 Å². The second-order valence-electron chi connectivity index (χ2n) is 6.04. The fourth-order valence-corrected chi connectivity index (χ4v) is 2.34. The number of hydrogen-bond donors (Lipinski definition) is 2. The summed E-state index contributed by atoms with van der Waals surface area (Å²) in [5, 5.41) is 0. The summed E-state index contributed by atoms with van der Waals surface area (Å²) in [6.45, 7) is 5.69. The molecule has 0 spiro atoms. The van der Waals surface area contributed by atoms with Crippen molar-refractivity contribution in [1.82, 2.24) is 0 Å². The Labute approximate surface area is 167 Å². The number of hydrogen-bond acceptors (Lipinski definition) is 4. The van der Waals surface area contributed by atoms with Gasteiger partial charge in [-0.3, -0.25) is 0 Å². The summed E-state index contributed by atoms with van der Waals surface area (Å²) >= 11 is 0. The van der Waals surface area contributed by atoms with E-state index in [4.69, 9.17) is 21.0 Å². The Morgan fingerprint density at radius 1 is 0.793 bits per heavy atom. The van der Waals surface area contributed by atoms with Gasteiger partial charge in [0.25, 0.3) is 0 Å². The van der Waals surface area contributed by atoms with Crippen LogP contribution in [0.3, 0.4) is 0 Å². The van der Waals surface area contributed by atoms with E-state index >= 15 is 0 Å². The Bertz CT molecular complexity index is 914. The van der Waals surface area contributed by atoms with Gasteiger partial charge >= 0.3 is 6.18 Å². The molecule has 0 radical (unpaired) electrons. The molecular formula is C22H23F3N2O2. The number of para-hydroxylation sites is 1. The highest BCUT2D eigenvalue weighted by Gasteiger charge is 2.34. The lowest BCUT2D eigenvalue weighted by molar-refractivity contribution is -0.138. The standard InChI is InChI=1S/C15H14F3NO.C6H7N.CH2O/c1-9-3-5-13(10(2)7-9)20-14-6-4-11(19)8-12(14)15(16,17)18;7-6-4-2-1-3-5-6;1-2/h3-8H,19H2,1-2H3;1-5H,7H2;1H2. The van der Waals surface area contributed by atoms with Crippen molar-refractivity contribution in [3.63, 3.8) is 0 Å². The van der Waals surface area contributed by atoms with Crippen molar-refractivity contribution in [1.29, 1.82) is 0 Å². The van der Waals surface area contributed by atoms with Gasteiger partial charge in [0.2, 0.25) is 0 Å². The highest BCUT2D eigenvalue weighted by Crippen LogP contribution is 2.39. The Hall–Kier alpha value is -3.48. The van der Waals surface area contributed by atoms with Crippen LogP contribution >= 0.6 is 0 Å².